The van der Waals surface area contributed by atoms with Gasteiger partial charge >= 0.3 is 0 Å². The fourth-order valence-corrected chi connectivity index (χ4v) is 5.24. The number of aryl methyl sites for hydroxylation is 1. The minimum atomic E-state index is -0.0571. The molecule has 0 unspecified atom stereocenters. The minimum Gasteiger partial charge on any atom is -0.310 e. The summed E-state index contributed by atoms with van der Waals surface area (Å²) in [7, 11) is 0. The number of aromatic nitrogens is 3. The van der Waals surface area contributed by atoms with Gasteiger partial charge in [-0.25, -0.2) is 4.98 Å². The predicted octanol–water partition coefficient (Wildman–Crippen LogP) is 5.68. The summed E-state index contributed by atoms with van der Waals surface area (Å²) in [5.74, 6) is 0.613. The number of anilines is 1. The van der Waals surface area contributed by atoms with Crippen LogP contribution in [-0.2, 0) is 4.79 Å². The number of rotatable bonds is 2. The molecule has 5 nitrogen and oxygen atoms in total. The van der Waals surface area contributed by atoms with Gasteiger partial charge in [0.05, 0.1) is 15.9 Å². The Morgan fingerprint density at radius 1 is 1.25 bits per heavy atom. The quantitative estimate of drug-likeness (QED) is 0.407. The van der Waals surface area contributed by atoms with Gasteiger partial charge in [-0.15, -0.1) is 0 Å². The van der Waals surface area contributed by atoms with E-state index in [1.54, 1.807) is 16.0 Å². The van der Waals surface area contributed by atoms with Crippen LogP contribution in [0.15, 0.2) is 46.9 Å². The Balaban J connectivity index is 1.67. The van der Waals surface area contributed by atoms with E-state index in [0.29, 0.717) is 17.3 Å². The average molecular weight is 474 g/mol. The molecular formula is C20H14BrClN4OS. The van der Waals surface area contributed by atoms with Gasteiger partial charge in [-0.2, -0.15) is 9.78 Å². The molecule has 8 heteroatoms. The van der Waals surface area contributed by atoms with Crippen LogP contribution < -0.4 is 5.32 Å². The van der Waals surface area contributed by atoms with Crippen molar-refractivity contribution in [3.8, 4) is 5.13 Å². The van der Waals surface area contributed by atoms with Gasteiger partial charge in [0.2, 0.25) is 11.0 Å². The highest BCUT2D eigenvalue weighted by Gasteiger charge is 2.33. The lowest BCUT2D eigenvalue weighted by Crippen LogP contribution is -2.24. The maximum atomic E-state index is 12.5. The third-order valence-corrected chi connectivity index (χ3v) is 6.63. The first kappa shape index (κ1) is 17.8. The molecule has 1 amide bonds. The van der Waals surface area contributed by atoms with Crippen molar-refractivity contribution in [2.24, 2.45) is 0 Å². The molecule has 2 aromatic carbocycles. The van der Waals surface area contributed by atoms with E-state index in [2.05, 4.69) is 21.2 Å². The number of hydrogen-bond donors (Lipinski definition) is 1. The first-order chi connectivity index (χ1) is 13.5. The van der Waals surface area contributed by atoms with Crippen molar-refractivity contribution in [3.63, 3.8) is 0 Å². The fourth-order valence-electron chi connectivity index (χ4n) is 3.64. The molecule has 140 valence electrons. The second-order valence-corrected chi connectivity index (χ2v) is 9.09. The van der Waals surface area contributed by atoms with E-state index in [9.17, 15) is 4.79 Å². The van der Waals surface area contributed by atoms with Crippen molar-refractivity contribution in [1.29, 1.82) is 0 Å². The van der Waals surface area contributed by atoms with Crippen LogP contribution in [0.25, 0.3) is 15.3 Å². The summed E-state index contributed by atoms with van der Waals surface area (Å²) < 4.78 is 3.82. The Labute approximate surface area is 178 Å². The molecule has 2 aromatic heterocycles. The Kier molecular flexibility index (Phi) is 4.26. The standard InChI is InChI=1S/C20H14BrClN4OS/c1-10-18-14(11-2-5-13(22)6-3-11)9-17(27)24-19(18)26(25-10)20-23-15-7-4-12(21)8-16(15)28-20/h2-8,14H,9H2,1H3,(H,24,27)/t14-/m1/s1. The lowest BCUT2D eigenvalue weighted by Gasteiger charge is -2.24. The molecule has 4 aromatic rings. The Morgan fingerprint density at radius 2 is 2.04 bits per heavy atom. The lowest BCUT2D eigenvalue weighted by molar-refractivity contribution is -0.116. The molecule has 0 saturated heterocycles. The first-order valence-electron chi connectivity index (χ1n) is 8.71. The second kappa shape index (κ2) is 6.69. The number of hydrogen-bond acceptors (Lipinski definition) is 4. The van der Waals surface area contributed by atoms with Gasteiger partial charge < -0.3 is 5.32 Å². The number of carbonyl (C=O) groups excluding carboxylic acids is 1. The highest BCUT2D eigenvalue weighted by Crippen LogP contribution is 2.41. The van der Waals surface area contributed by atoms with E-state index in [1.807, 2.05) is 49.4 Å². The zero-order chi connectivity index (χ0) is 19.4. The third kappa shape index (κ3) is 2.94. The number of thiazole rings is 1. The normalized spacial score (nSPS) is 16.2. The monoisotopic (exact) mass is 472 g/mol. The molecule has 1 atom stereocenters. The van der Waals surface area contributed by atoms with Crippen LogP contribution in [-0.4, -0.2) is 20.7 Å². The number of nitrogens with one attached hydrogen (secondary N) is 1. The number of benzene rings is 2. The van der Waals surface area contributed by atoms with Gasteiger partial charge in [0.15, 0.2) is 0 Å². The van der Waals surface area contributed by atoms with Crippen molar-refractivity contribution >= 4 is 60.8 Å². The molecule has 0 radical (unpaired) electrons. The van der Waals surface area contributed by atoms with Crippen LogP contribution in [0.5, 0.6) is 0 Å². The molecule has 0 aliphatic carbocycles. The molecule has 1 aliphatic heterocycles. The SMILES string of the molecule is Cc1nn(-c2nc3ccc(Br)cc3s2)c2c1[C@@H](c1ccc(Cl)cc1)CC(=O)N2. The molecule has 1 N–H and O–H groups in total. The average Bonchev–Trinajstić information content (AvgIpc) is 3.22. The van der Waals surface area contributed by atoms with E-state index in [-0.39, 0.29) is 11.8 Å². The highest BCUT2D eigenvalue weighted by atomic mass is 79.9. The Hall–Kier alpha value is -2.22. The molecule has 0 bridgehead atoms. The highest BCUT2D eigenvalue weighted by molar-refractivity contribution is 9.10. The number of nitrogens with zero attached hydrogens (tertiary/aromatic N) is 3. The lowest BCUT2D eigenvalue weighted by atomic mass is 9.86. The van der Waals surface area contributed by atoms with Gasteiger partial charge in [0.25, 0.3) is 0 Å². The summed E-state index contributed by atoms with van der Waals surface area (Å²) in [6.45, 7) is 1.97. The number of fused-ring (bicyclic) bond motifs is 2. The summed E-state index contributed by atoms with van der Waals surface area (Å²) in [4.78, 5) is 17.2. The zero-order valence-corrected chi connectivity index (χ0v) is 17.9. The molecule has 5 rings (SSSR count). The summed E-state index contributed by atoms with van der Waals surface area (Å²) in [5.41, 5.74) is 3.87. The van der Waals surface area contributed by atoms with Crippen molar-refractivity contribution in [3.05, 3.63) is 68.8 Å². The van der Waals surface area contributed by atoms with Crippen molar-refractivity contribution in [2.75, 3.05) is 5.32 Å². The topological polar surface area (TPSA) is 59.8 Å². The maximum absolute atomic E-state index is 12.5. The smallest absolute Gasteiger partial charge is 0.226 e. The molecule has 0 spiro atoms. The van der Waals surface area contributed by atoms with E-state index in [1.165, 1.54) is 0 Å². The largest absolute Gasteiger partial charge is 0.310 e. The van der Waals surface area contributed by atoms with Crippen LogP contribution in [0.2, 0.25) is 5.02 Å². The Morgan fingerprint density at radius 3 is 2.82 bits per heavy atom. The minimum absolute atomic E-state index is 0.0301. The second-order valence-electron chi connectivity index (χ2n) is 6.72. The zero-order valence-electron chi connectivity index (χ0n) is 14.7. The summed E-state index contributed by atoms with van der Waals surface area (Å²) in [6, 6.07) is 13.6. The molecule has 0 fully saturated rings. The molecule has 28 heavy (non-hydrogen) atoms. The van der Waals surface area contributed by atoms with Crippen molar-refractivity contribution < 1.29 is 4.79 Å². The molecule has 0 saturated carbocycles. The Bertz CT molecular complexity index is 1230. The van der Waals surface area contributed by atoms with Gasteiger partial charge in [-0.3, -0.25) is 4.79 Å². The van der Waals surface area contributed by atoms with Crippen LogP contribution in [0, 0.1) is 6.92 Å². The van der Waals surface area contributed by atoms with E-state index in [0.717, 1.165) is 36.6 Å². The number of amides is 1. The van der Waals surface area contributed by atoms with Crippen LogP contribution in [0.3, 0.4) is 0 Å². The van der Waals surface area contributed by atoms with Crippen molar-refractivity contribution in [2.45, 2.75) is 19.3 Å². The third-order valence-electron chi connectivity index (χ3n) is 4.90. The molecule has 3 heterocycles. The van der Waals surface area contributed by atoms with Gasteiger partial charge in [0.1, 0.15) is 5.82 Å². The van der Waals surface area contributed by atoms with Gasteiger partial charge in [0, 0.05) is 27.4 Å². The molecular weight excluding hydrogens is 460 g/mol. The summed E-state index contributed by atoms with van der Waals surface area (Å²) >= 11 is 11.1. The number of halogens is 2. The van der Waals surface area contributed by atoms with Crippen LogP contribution in [0.1, 0.15) is 29.2 Å². The van der Waals surface area contributed by atoms with Crippen LogP contribution >= 0.6 is 38.9 Å². The molecule has 1 aliphatic rings. The van der Waals surface area contributed by atoms with E-state index >= 15 is 0 Å². The van der Waals surface area contributed by atoms with E-state index < -0.39 is 0 Å². The fraction of sp³-hybridized carbons (Fsp3) is 0.150. The predicted molar refractivity (Wildman–Crippen MR) is 116 cm³/mol. The van der Waals surface area contributed by atoms with E-state index in [4.69, 9.17) is 21.7 Å². The summed E-state index contributed by atoms with van der Waals surface area (Å²) in [5, 5.41) is 9.14. The van der Waals surface area contributed by atoms with Gasteiger partial charge in [-0.05, 0) is 42.8 Å². The first-order valence-corrected chi connectivity index (χ1v) is 10.7. The summed E-state index contributed by atoms with van der Waals surface area (Å²) in [6.07, 6.45) is 0.383. The maximum Gasteiger partial charge on any atom is 0.226 e. The van der Waals surface area contributed by atoms with Crippen LogP contribution in [0.4, 0.5) is 5.82 Å². The number of carbonyl (C=O) groups is 1. The van der Waals surface area contributed by atoms with Crippen molar-refractivity contribution in [1.82, 2.24) is 14.8 Å². The van der Waals surface area contributed by atoms with Gasteiger partial charge in [-0.1, -0.05) is 51.0 Å².